The van der Waals surface area contributed by atoms with Crippen LogP contribution in [0.4, 0.5) is 0 Å². The molecule has 0 aromatic carbocycles. The summed E-state index contributed by atoms with van der Waals surface area (Å²) in [6, 6.07) is 3.17. The molecule has 1 atom stereocenters. The first-order chi connectivity index (χ1) is 5.68. The molecule has 4 nitrogen and oxygen atoms in total. The van der Waals surface area contributed by atoms with E-state index in [-0.39, 0.29) is 24.9 Å². The van der Waals surface area contributed by atoms with Gasteiger partial charge in [-0.05, 0) is 12.1 Å². The highest BCUT2D eigenvalue weighted by molar-refractivity contribution is 5.85. The van der Waals surface area contributed by atoms with Gasteiger partial charge in [-0.1, -0.05) is 0 Å². The molecule has 1 aromatic rings. The van der Waals surface area contributed by atoms with Gasteiger partial charge < -0.3 is 15.3 Å². The molecule has 0 amide bonds. The average molecular weight is 206 g/mol. The van der Waals surface area contributed by atoms with E-state index in [4.69, 9.17) is 15.3 Å². The normalized spacial score (nSPS) is 11.8. The fourth-order valence-electron chi connectivity index (χ4n) is 0.984. The molecule has 13 heavy (non-hydrogen) atoms. The second kappa shape index (κ2) is 5.61. The minimum absolute atomic E-state index is 0. The number of hydrogen-bond donors (Lipinski definition) is 2. The maximum absolute atomic E-state index is 10.2. The van der Waals surface area contributed by atoms with E-state index in [2.05, 4.69) is 0 Å². The number of rotatable bonds is 4. The average Bonchev–Trinajstić information content (AvgIpc) is 2.37. The van der Waals surface area contributed by atoms with Crippen LogP contribution in [0.15, 0.2) is 22.8 Å². The lowest BCUT2D eigenvalue weighted by atomic mass is 10.1. The van der Waals surface area contributed by atoms with Crippen molar-refractivity contribution < 1.29 is 14.3 Å². The van der Waals surface area contributed by atoms with E-state index in [0.29, 0.717) is 6.42 Å². The maximum Gasteiger partial charge on any atom is 0.304 e. The summed E-state index contributed by atoms with van der Waals surface area (Å²) in [6.07, 6.45) is 1.99. The Bertz CT molecular complexity index is 248. The van der Waals surface area contributed by atoms with E-state index in [1.807, 2.05) is 0 Å². The molecule has 0 unspecified atom stereocenters. The van der Waals surface area contributed by atoms with Crippen molar-refractivity contribution in [3.05, 3.63) is 24.2 Å². The zero-order valence-electron chi connectivity index (χ0n) is 6.97. The van der Waals surface area contributed by atoms with E-state index in [1.165, 1.54) is 0 Å². The number of carboxylic acid groups (broad SMARTS) is 1. The third kappa shape index (κ3) is 4.55. The van der Waals surface area contributed by atoms with Crippen molar-refractivity contribution in [2.75, 3.05) is 0 Å². The van der Waals surface area contributed by atoms with Crippen LogP contribution in [0.5, 0.6) is 0 Å². The number of hydrogen-bond acceptors (Lipinski definition) is 3. The van der Waals surface area contributed by atoms with Crippen LogP contribution in [0.3, 0.4) is 0 Å². The summed E-state index contributed by atoms with van der Waals surface area (Å²) in [4.78, 5) is 10.2. The van der Waals surface area contributed by atoms with Gasteiger partial charge in [0.1, 0.15) is 5.76 Å². The van der Waals surface area contributed by atoms with E-state index in [1.54, 1.807) is 18.4 Å². The molecule has 0 bridgehead atoms. The maximum atomic E-state index is 10.2. The predicted molar refractivity (Wildman–Crippen MR) is 49.9 cm³/mol. The van der Waals surface area contributed by atoms with Gasteiger partial charge in [0, 0.05) is 12.5 Å². The second-order valence-corrected chi connectivity index (χ2v) is 2.64. The highest BCUT2D eigenvalue weighted by Crippen LogP contribution is 2.04. The third-order valence-electron chi connectivity index (χ3n) is 1.48. The number of carbonyl (C=O) groups is 1. The Kier molecular flexibility index (Phi) is 5.18. The quantitative estimate of drug-likeness (QED) is 0.770. The molecule has 0 saturated heterocycles. The minimum atomic E-state index is -0.881. The molecular formula is C8H12ClNO3. The van der Waals surface area contributed by atoms with Gasteiger partial charge in [-0.15, -0.1) is 12.4 Å². The molecule has 5 heteroatoms. The summed E-state index contributed by atoms with van der Waals surface area (Å²) in [5, 5.41) is 8.40. The zero-order chi connectivity index (χ0) is 8.97. The Labute approximate surface area is 82.1 Å². The summed E-state index contributed by atoms with van der Waals surface area (Å²) < 4.78 is 5.01. The van der Waals surface area contributed by atoms with Crippen LogP contribution in [0, 0.1) is 0 Å². The van der Waals surface area contributed by atoms with Crippen LogP contribution in [-0.2, 0) is 11.2 Å². The lowest BCUT2D eigenvalue weighted by Gasteiger charge is -2.04. The summed E-state index contributed by atoms with van der Waals surface area (Å²) in [6.45, 7) is 0. The van der Waals surface area contributed by atoms with Crippen molar-refractivity contribution in [2.24, 2.45) is 5.73 Å². The van der Waals surface area contributed by atoms with Gasteiger partial charge in [-0.3, -0.25) is 4.79 Å². The number of carboxylic acids is 1. The van der Waals surface area contributed by atoms with Crippen molar-refractivity contribution in [1.82, 2.24) is 0 Å². The Morgan fingerprint density at radius 2 is 2.38 bits per heavy atom. The van der Waals surface area contributed by atoms with Gasteiger partial charge in [-0.25, -0.2) is 0 Å². The molecule has 1 rings (SSSR count). The first-order valence-corrected chi connectivity index (χ1v) is 3.68. The molecular weight excluding hydrogens is 194 g/mol. The van der Waals surface area contributed by atoms with E-state index >= 15 is 0 Å². The third-order valence-corrected chi connectivity index (χ3v) is 1.48. The summed E-state index contributed by atoms with van der Waals surface area (Å²) in [5.41, 5.74) is 5.52. The smallest absolute Gasteiger partial charge is 0.304 e. The Morgan fingerprint density at radius 3 is 2.85 bits per heavy atom. The van der Waals surface area contributed by atoms with Gasteiger partial charge in [0.25, 0.3) is 0 Å². The van der Waals surface area contributed by atoms with Crippen molar-refractivity contribution in [3.63, 3.8) is 0 Å². The lowest BCUT2D eigenvalue weighted by Crippen LogP contribution is -2.25. The predicted octanol–water partition coefficient (Wildman–Crippen LogP) is 1.05. The molecule has 0 aliphatic heterocycles. The van der Waals surface area contributed by atoms with Gasteiger partial charge >= 0.3 is 5.97 Å². The number of nitrogens with two attached hydrogens (primary N) is 1. The van der Waals surface area contributed by atoms with Crippen molar-refractivity contribution in [2.45, 2.75) is 18.9 Å². The van der Waals surface area contributed by atoms with Gasteiger partial charge in [0.05, 0.1) is 12.7 Å². The van der Waals surface area contributed by atoms with Crippen LogP contribution >= 0.6 is 12.4 Å². The Morgan fingerprint density at radius 1 is 1.69 bits per heavy atom. The summed E-state index contributed by atoms with van der Waals surface area (Å²) >= 11 is 0. The Balaban J connectivity index is 0.00000144. The number of furan rings is 1. The zero-order valence-corrected chi connectivity index (χ0v) is 7.79. The minimum Gasteiger partial charge on any atom is -0.481 e. The lowest BCUT2D eigenvalue weighted by molar-refractivity contribution is -0.137. The van der Waals surface area contributed by atoms with Crippen molar-refractivity contribution in [3.8, 4) is 0 Å². The van der Waals surface area contributed by atoms with Crippen molar-refractivity contribution >= 4 is 18.4 Å². The number of aliphatic carboxylic acids is 1. The fraction of sp³-hybridized carbons (Fsp3) is 0.375. The molecule has 1 heterocycles. The second-order valence-electron chi connectivity index (χ2n) is 2.64. The first-order valence-electron chi connectivity index (χ1n) is 3.68. The van der Waals surface area contributed by atoms with Crippen molar-refractivity contribution in [1.29, 1.82) is 0 Å². The summed E-state index contributed by atoms with van der Waals surface area (Å²) in [5.74, 6) is -0.155. The summed E-state index contributed by atoms with van der Waals surface area (Å²) in [7, 11) is 0. The van der Waals surface area contributed by atoms with Crippen LogP contribution in [-0.4, -0.2) is 17.1 Å². The van der Waals surface area contributed by atoms with Gasteiger partial charge in [-0.2, -0.15) is 0 Å². The molecule has 0 spiro atoms. The molecule has 0 radical (unpaired) electrons. The highest BCUT2D eigenvalue weighted by Gasteiger charge is 2.09. The first kappa shape index (κ1) is 12.0. The van der Waals surface area contributed by atoms with Crippen LogP contribution < -0.4 is 5.73 Å². The highest BCUT2D eigenvalue weighted by atomic mass is 35.5. The fourth-order valence-corrected chi connectivity index (χ4v) is 0.984. The van der Waals surface area contributed by atoms with Crippen LogP contribution in [0.25, 0.3) is 0 Å². The molecule has 1 aromatic heterocycles. The van der Waals surface area contributed by atoms with E-state index < -0.39 is 5.97 Å². The molecule has 0 aliphatic carbocycles. The standard InChI is InChI=1S/C8H11NO3.ClH/c9-6(5-8(10)11)4-7-2-1-3-12-7;/h1-3,6H,4-5,9H2,(H,10,11);1H/t6-;/m0./s1. The monoisotopic (exact) mass is 205 g/mol. The topological polar surface area (TPSA) is 76.5 Å². The molecule has 0 fully saturated rings. The molecule has 74 valence electrons. The molecule has 0 aliphatic rings. The number of halogens is 1. The molecule has 3 N–H and O–H groups in total. The van der Waals surface area contributed by atoms with Crippen LogP contribution in [0.1, 0.15) is 12.2 Å². The Hall–Kier alpha value is -1.00. The van der Waals surface area contributed by atoms with Gasteiger partial charge in [0.15, 0.2) is 0 Å². The largest absolute Gasteiger partial charge is 0.481 e. The van der Waals surface area contributed by atoms with Crippen LogP contribution in [0.2, 0.25) is 0 Å². The molecule has 0 saturated carbocycles. The van der Waals surface area contributed by atoms with E-state index in [0.717, 1.165) is 5.76 Å². The SMILES string of the molecule is Cl.N[C@H](CC(=O)O)Cc1ccco1. The van der Waals surface area contributed by atoms with Gasteiger partial charge in [0.2, 0.25) is 0 Å². The van der Waals surface area contributed by atoms with E-state index in [9.17, 15) is 4.79 Å².